The molecule has 1 aliphatic rings. The van der Waals surface area contributed by atoms with Crippen LogP contribution in [-0.2, 0) is 11.3 Å². The lowest BCUT2D eigenvalue weighted by molar-refractivity contribution is -0.131. The summed E-state index contributed by atoms with van der Waals surface area (Å²) in [6, 6.07) is 0. The number of carbonyl (C=O) groups is 1. The third kappa shape index (κ3) is 2.17. The van der Waals surface area contributed by atoms with E-state index in [2.05, 4.69) is 0 Å². The molecule has 0 bridgehead atoms. The van der Waals surface area contributed by atoms with Gasteiger partial charge in [-0.25, -0.2) is 0 Å². The van der Waals surface area contributed by atoms with E-state index in [0.717, 1.165) is 17.0 Å². The lowest BCUT2D eigenvalue weighted by Gasteiger charge is -2.15. The second kappa shape index (κ2) is 4.39. The summed E-state index contributed by atoms with van der Waals surface area (Å²) in [5, 5.41) is 11.1. The van der Waals surface area contributed by atoms with Crippen LogP contribution in [0.2, 0.25) is 0 Å². The molecule has 88 valence electrons. The molecule has 16 heavy (non-hydrogen) atoms. The zero-order valence-corrected chi connectivity index (χ0v) is 9.87. The number of amides is 1. The molecule has 2 heterocycles. The molecule has 0 aliphatic carbocycles. The number of likely N-dealkylation sites (tertiary alicyclic amines) is 1. The Morgan fingerprint density at radius 1 is 1.69 bits per heavy atom. The smallest absolute Gasteiger partial charge is 0.307 e. The molecule has 1 atom stereocenters. The molecule has 1 amide bonds. The highest BCUT2D eigenvalue weighted by atomic mass is 32.1. The average molecular weight is 242 g/mol. The first-order valence-corrected chi connectivity index (χ1v) is 6.06. The van der Waals surface area contributed by atoms with E-state index in [-0.39, 0.29) is 17.3 Å². The molecule has 1 unspecified atom stereocenters. The average Bonchev–Trinajstić information content (AvgIpc) is 2.79. The highest BCUT2D eigenvalue weighted by Gasteiger charge is 2.24. The number of aliphatic hydroxyl groups excluding tert-OH is 1. The molecular weight excluding hydrogens is 228 g/mol. The van der Waals surface area contributed by atoms with Gasteiger partial charge in [-0.05, 0) is 13.3 Å². The summed E-state index contributed by atoms with van der Waals surface area (Å²) in [4.78, 5) is 24.7. The maximum atomic E-state index is 11.8. The van der Waals surface area contributed by atoms with Crippen molar-refractivity contribution in [2.45, 2.75) is 26.0 Å². The minimum atomic E-state index is -0.413. The van der Waals surface area contributed by atoms with Crippen LogP contribution in [0.5, 0.6) is 0 Å². The number of thiazole rings is 1. The van der Waals surface area contributed by atoms with E-state index in [0.29, 0.717) is 19.5 Å². The number of hydrogen-bond donors (Lipinski definition) is 1. The van der Waals surface area contributed by atoms with Gasteiger partial charge in [0.05, 0.1) is 6.10 Å². The zero-order chi connectivity index (χ0) is 11.7. The van der Waals surface area contributed by atoms with Gasteiger partial charge in [-0.1, -0.05) is 11.3 Å². The maximum absolute atomic E-state index is 11.8. The first kappa shape index (κ1) is 11.3. The zero-order valence-electron chi connectivity index (χ0n) is 9.05. The Kier molecular flexibility index (Phi) is 3.11. The van der Waals surface area contributed by atoms with Crippen molar-refractivity contribution in [3.05, 3.63) is 20.7 Å². The van der Waals surface area contributed by atoms with Gasteiger partial charge in [0.15, 0.2) is 0 Å². The topological polar surface area (TPSA) is 62.5 Å². The predicted molar refractivity (Wildman–Crippen MR) is 60.5 cm³/mol. The van der Waals surface area contributed by atoms with E-state index in [1.54, 1.807) is 10.3 Å². The molecule has 1 N–H and O–H groups in total. The molecule has 1 aliphatic heterocycles. The van der Waals surface area contributed by atoms with Crippen molar-refractivity contribution in [1.82, 2.24) is 9.47 Å². The highest BCUT2D eigenvalue weighted by molar-refractivity contribution is 7.07. The standard InChI is InChI=1S/C10H14N2O3S/c1-7-6-16-10(15)12(7)5-9(14)11-3-2-8(13)4-11/h6,8,13H,2-5H2,1H3. The van der Waals surface area contributed by atoms with Crippen molar-refractivity contribution in [3.63, 3.8) is 0 Å². The molecule has 1 aromatic heterocycles. The van der Waals surface area contributed by atoms with Crippen LogP contribution >= 0.6 is 11.3 Å². The van der Waals surface area contributed by atoms with Crippen LogP contribution in [-0.4, -0.2) is 39.7 Å². The van der Waals surface area contributed by atoms with Crippen LogP contribution in [0.25, 0.3) is 0 Å². The number of β-amino-alcohol motifs (C(OH)–C–C–N with tert-alkyl or cyclic N) is 1. The van der Waals surface area contributed by atoms with Crippen LogP contribution in [0.4, 0.5) is 0 Å². The lowest BCUT2D eigenvalue weighted by atomic mass is 10.3. The molecule has 0 saturated carbocycles. The second-order valence-corrected chi connectivity index (χ2v) is 4.83. The quantitative estimate of drug-likeness (QED) is 0.782. The van der Waals surface area contributed by atoms with Crippen LogP contribution in [0.3, 0.4) is 0 Å². The third-order valence-corrected chi connectivity index (χ3v) is 3.67. The molecule has 5 nitrogen and oxygen atoms in total. The Bertz CT molecular complexity index is 451. The summed E-state index contributed by atoms with van der Waals surface area (Å²) in [5.74, 6) is -0.0971. The molecule has 1 aromatic rings. The SMILES string of the molecule is Cc1csc(=O)n1CC(=O)N1CCC(O)C1. The summed E-state index contributed by atoms with van der Waals surface area (Å²) in [7, 11) is 0. The number of hydrogen-bond acceptors (Lipinski definition) is 4. The minimum Gasteiger partial charge on any atom is -0.391 e. The van der Waals surface area contributed by atoms with Gasteiger partial charge in [-0.15, -0.1) is 0 Å². The highest BCUT2D eigenvalue weighted by Crippen LogP contribution is 2.10. The summed E-state index contributed by atoms with van der Waals surface area (Å²) >= 11 is 1.10. The molecule has 6 heteroatoms. The largest absolute Gasteiger partial charge is 0.391 e. The van der Waals surface area contributed by atoms with Crippen molar-refractivity contribution in [2.24, 2.45) is 0 Å². The van der Waals surface area contributed by atoms with E-state index < -0.39 is 6.10 Å². The molecule has 2 rings (SSSR count). The van der Waals surface area contributed by atoms with Gasteiger partial charge < -0.3 is 10.0 Å². The van der Waals surface area contributed by atoms with E-state index in [1.165, 1.54) is 4.57 Å². The number of aliphatic hydroxyl groups is 1. The number of aromatic nitrogens is 1. The Hall–Kier alpha value is -1.14. The minimum absolute atomic E-state index is 0.0842. The van der Waals surface area contributed by atoms with Crippen LogP contribution in [0, 0.1) is 6.92 Å². The van der Waals surface area contributed by atoms with Gasteiger partial charge in [0.1, 0.15) is 6.54 Å². The van der Waals surface area contributed by atoms with Gasteiger partial charge >= 0.3 is 4.87 Å². The van der Waals surface area contributed by atoms with Crippen molar-refractivity contribution in [2.75, 3.05) is 13.1 Å². The lowest BCUT2D eigenvalue weighted by Crippen LogP contribution is -2.34. The van der Waals surface area contributed by atoms with E-state index in [9.17, 15) is 14.7 Å². The summed E-state index contributed by atoms with van der Waals surface area (Å²) < 4.78 is 1.47. The Morgan fingerprint density at radius 3 is 2.94 bits per heavy atom. The first-order valence-electron chi connectivity index (χ1n) is 5.18. The van der Waals surface area contributed by atoms with Crippen molar-refractivity contribution in [1.29, 1.82) is 0 Å². The van der Waals surface area contributed by atoms with Crippen LogP contribution in [0.1, 0.15) is 12.1 Å². The third-order valence-electron chi connectivity index (χ3n) is 2.79. The fourth-order valence-electron chi connectivity index (χ4n) is 1.80. The van der Waals surface area contributed by atoms with Crippen molar-refractivity contribution < 1.29 is 9.90 Å². The van der Waals surface area contributed by atoms with Crippen LogP contribution in [0.15, 0.2) is 10.2 Å². The summed E-state index contributed by atoms with van der Waals surface area (Å²) in [6.07, 6.45) is 0.215. The first-order chi connectivity index (χ1) is 7.58. The maximum Gasteiger partial charge on any atom is 0.307 e. The molecule has 0 spiro atoms. The fraction of sp³-hybridized carbons (Fsp3) is 0.600. The van der Waals surface area contributed by atoms with E-state index in [1.807, 2.05) is 6.92 Å². The van der Waals surface area contributed by atoms with Gasteiger partial charge in [0, 0.05) is 24.2 Å². The molecular formula is C10H14N2O3S. The van der Waals surface area contributed by atoms with Gasteiger partial charge in [-0.3, -0.25) is 14.2 Å². The van der Waals surface area contributed by atoms with E-state index in [4.69, 9.17) is 0 Å². The molecule has 1 fully saturated rings. The monoisotopic (exact) mass is 242 g/mol. The number of nitrogens with zero attached hydrogens (tertiary/aromatic N) is 2. The molecule has 0 radical (unpaired) electrons. The number of rotatable bonds is 2. The second-order valence-electron chi connectivity index (χ2n) is 4.01. The Morgan fingerprint density at radius 2 is 2.44 bits per heavy atom. The predicted octanol–water partition coefficient (Wildman–Crippen LogP) is -0.189. The normalized spacial score (nSPS) is 20.4. The van der Waals surface area contributed by atoms with Crippen LogP contribution < -0.4 is 4.87 Å². The number of aryl methyl sites for hydroxylation is 1. The fourth-order valence-corrected chi connectivity index (χ4v) is 2.53. The Balaban J connectivity index is 2.05. The van der Waals surface area contributed by atoms with Crippen molar-refractivity contribution in [3.8, 4) is 0 Å². The Labute approximate surface area is 96.9 Å². The van der Waals surface area contributed by atoms with Crippen molar-refractivity contribution >= 4 is 17.2 Å². The van der Waals surface area contributed by atoms with Gasteiger partial charge in [-0.2, -0.15) is 0 Å². The summed E-state index contributed by atoms with van der Waals surface area (Å²) in [5.41, 5.74) is 0.808. The molecule has 1 saturated heterocycles. The molecule has 0 aromatic carbocycles. The van der Waals surface area contributed by atoms with Gasteiger partial charge in [0.2, 0.25) is 5.91 Å². The van der Waals surface area contributed by atoms with E-state index >= 15 is 0 Å². The van der Waals surface area contributed by atoms with Gasteiger partial charge in [0.25, 0.3) is 0 Å². The summed E-state index contributed by atoms with van der Waals surface area (Å²) in [6.45, 7) is 2.86. The number of carbonyl (C=O) groups excluding carboxylic acids is 1.